The predicted octanol–water partition coefficient (Wildman–Crippen LogP) is 3.97. The SMILES string of the molecule is C=Cc1cccc2c3ccccc3n(C)c12. The summed E-state index contributed by atoms with van der Waals surface area (Å²) in [6.07, 6.45) is 1.92. The molecule has 0 amide bonds. The van der Waals surface area contributed by atoms with Crippen LogP contribution in [0.1, 0.15) is 5.56 Å². The molecular weight excluding hydrogens is 194 g/mol. The smallest absolute Gasteiger partial charge is 0.0562 e. The number of aromatic nitrogens is 1. The average molecular weight is 207 g/mol. The largest absolute Gasteiger partial charge is 0.343 e. The lowest BCUT2D eigenvalue weighted by Crippen LogP contribution is -1.88. The monoisotopic (exact) mass is 207 g/mol. The highest BCUT2D eigenvalue weighted by atomic mass is 14.9. The summed E-state index contributed by atoms with van der Waals surface area (Å²) in [5, 5.41) is 2.61. The predicted molar refractivity (Wildman–Crippen MR) is 70.5 cm³/mol. The molecule has 1 nitrogen and oxygen atoms in total. The molecule has 0 fully saturated rings. The van der Waals surface area contributed by atoms with Crippen molar-refractivity contribution in [3.63, 3.8) is 0 Å². The molecule has 0 bridgehead atoms. The van der Waals surface area contributed by atoms with Crippen LogP contribution in [0.15, 0.2) is 49.0 Å². The summed E-state index contributed by atoms with van der Waals surface area (Å²) >= 11 is 0. The highest BCUT2D eigenvalue weighted by Crippen LogP contribution is 2.30. The van der Waals surface area contributed by atoms with Gasteiger partial charge in [0.2, 0.25) is 0 Å². The van der Waals surface area contributed by atoms with Gasteiger partial charge in [-0.1, -0.05) is 49.1 Å². The van der Waals surface area contributed by atoms with Gasteiger partial charge in [-0.15, -0.1) is 0 Å². The zero-order valence-corrected chi connectivity index (χ0v) is 9.27. The van der Waals surface area contributed by atoms with E-state index in [2.05, 4.69) is 60.7 Å². The van der Waals surface area contributed by atoms with Crippen molar-refractivity contribution in [3.05, 3.63) is 54.6 Å². The van der Waals surface area contributed by atoms with Crippen molar-refractivity contribution in [1.29, 1.82) is 0 Å². The van der Waals surface area contributed by atoms with Crippen LogP contribution in [-0.2, 0) is 7.05 Å². The van der Waals surface area contributed by atoms with Crippen LogP contribution in [0.25, 0.3) is 27.9 Å². The van der Waals surface area contributed by atoms with Gasteiger partial charge in [0.15, 0.2) is 0 Å². The van der Waals surface area contributed by atoms with Crippen molar-refractivity contribution in [1.82, 2.24) is 4.57 Å². The Labute approximate surface area is 94.6 Å². The number of nitrogens with zero attached hydrogens (tertiary/aromatic N) is 1. The Kier molecular flexibility index (Phi) is 1.87. The maximum absolute atomic E-state index is 3.88. The van der Waals surface area contributed by atoms with Crippen LogP contribution < -0.4 is 0 Å². The Balaban J connectivity index is 2.66. The molecule has 0 aliphatic rings. The second kappa shape index (κ2) is 3.24. The van der Waals surface area contributed by atoms with Crippen LogP contribution in [0.2, 0.25) is 0 Å². The molecule has 0 aliphatic carbocycles. The van der Waals surface area contributed by atoms with Crippen molar-refractivity contribution in [2.45, 2.75) is 0 Å². The van der Waals surface area contributed by atoms with E-state index in [1.807, 2.05) is 6.08 Å². The summed E-state index contributed by atoms with van der Waals surface area (Å²) in [7, 11) is 2.11. The number of aryl methyl sites for hydroxylation is 1. The lowest BCUT2D eigenvalue weighted by Gasteiger charge is -2.01. The minimum atomic E-state index is 1.19. The van der Waals surface area contributed by atoms with Gasteiger partial charge >= 0.3 is 0 Å². The van der Waals surface area contributed by atoms with Crippen molar-refractivity contribution in [3.8, 4) is 0 Å². The van der Waals surface area contributed by atoms with E-state index in [1.165, 1.54) is 27.4 Å². The van der Waals surface area contributed by atoms with Crippen LogP contribution in [0, 0.1) is 0 Å². The van der Waals surface area contributed by atoms with Crippen molar-refractivity contribution < 1.29 is 0 Å². The maximum atomic E-state index is 3.88. The normalized spacial score (nSPS) is 11.1. The molecule has 0 unspecified atom stereocenters. The Hall–Kier alpha value is -2.02. The van der Waals surface area contributed by atoms with E-state index >= 15 is 0 Å². The van der Waals surface area contributed by atoms with Crippen molar-refractivity contribution in [2.75, 3.05) is 0 Å². The van der Waals surface area contributed by atoms with Crippen LogP contribution >= 0.6 is 0 Å². The number of fused-ring (bicyclic) bond motifs is 3. The highest BCUT2D eigenvalue weighted by Gasteiger charge is 2.08. The van der Waals surface area contributed by atoms with Gasteiger partial charge < -0.3 is 4.57 Å². The minimum Gasteiger partial charge on any atom is -0.343 e. The first-order chi connectivity index (χ1) is 7.83. The third-order valence-electron chi connectivity index (χ3n) is 3.18. The zero-order valence-electron chi connectivity index (χ0n) is 9.27. The second-order valence-electron chi connectivity index (χ2n) is 4.02. The number of para-hydroxylation sites is 2. The molecule has 3 rings (SSSR count). The zero-order chi connectivity index (χ0) is 11.1. The first-order valence-corrected chi connectivity index (χ1v) is 5.41. The molecule has 16 heavy (non-hydrogen) atoms. The van der Waals surface area contributed by atoms with Crippen LogP contribution in [0.3, 0.4) is 0 Å². The third kappa shape index (κ3) is 1.06. The summed E-state index contributed by atoms with van der Waals surface area (Å²) in [5.41, 5.74) is 3.72. The van der Waals surface area contributed by atoms with E-state index in [-0.39, 0.29) is 0 Å². The maximum Gasteiger partial charge on any atom is 0.0562 e. The second-order valence-corrected chi connectivity index (χ2v) is 4.02. The molecule has 1 heterocycles. The van der Waals surface area contributed by atoms with Crippen LogP contribution in [0.5, 0.6) is 0 Å². The molecule has 0 N–H and O–H groups in total. The molecule has 2 aromatic carbocycles. The molecule has 0 spiro atoms. The summed E-state index contributed by atoms with van der Waals surface area (Å²) in [5.74, 6) is 0. The Morgan fingerprint density at radius 3 is 2.56 bits per heavy atom. The average Bonchev–Trinajstić information content (AvgIpc) is 2.64. The highest BCUT2D eigenvalue weighted by molar-refractivity contribution is 6.10. The minimum absolute atomic E-state index is 1.19. The molecule has 0 atom stereocenters. The summed E-state index contributed by atoms with van der Waals surface area (Å²) in [4.78, 5) is 0. The van der Waals surface area contributed by atoms with Gasteiger partial charge in [-0.3, -0.25) is 0 Å². The van der Waals surface area contributed by atoms with E-state index in [4.69, 9.17) is 0 Å². The lowest BCUT2D eigenvalue weighted by atomic mass is 10.1. The van der Waals surface area contributed by atoms with Gasteiger partial charge in [-0.2, -0.15) is 0 Å². The fraction of sp³-hybridized carbons (Fsp3) is 0.0667. The Bertz CT molecular complexity index is 689. The lowest BCUT2D eigenvalue weighted by molar-refractivity contribution is 1.01. The first kappa shape index (κ1) is 9.22. The van der Waals surface area contributed by atoms with Gasteiger partial charge in [0, 0.05) is 23.3 Å². The van der Waals surface area contributed by atoms with Crippen molar-refractivity contribution in [2.24, 2.45) is 7.05 Å². The van der Waals surface area contributed by atoms with E-state index in [9.17, 15) is 0 Å². The third-order valence-corrected chi connectivity index (χ3v) is 3.18. The van der Waals surface area contributed by atoms with E-state index < -0.39 is 0 Å². The van der Waals surface area contributed by atoms with Gasteiger partial charge in [0.1, 0.15) is 0 Å². The van der Waals surface area contributed by atoms with E-state index in [0.717, 1.165) is 0 Å². The number of benzene rings is 2. The summed E-state index contributed by atoms with van der Waals surface area (Å²) in [6.45, 7) is 3.88. The molecule has 0 radical (unpaired) electrons. The Morgan fingerprint density at radius 1 is 1.00 bits per heavy atom. The number of rotatable bonds is 1. The first-order valence-electron chi connectivity index (χ1n) is 5.41. The standard InChI is InChI=1S/C15H13N/c1-3-11-7-6-9-13-12-8-4-5-10-14(12)16(2)15(11)13/h3-10H,1H2,2H3. The van der Waals surface area contributed by atoms with Gasteiger partial charge in [-0.25, -0.2) is 0 Å². The molecule has 1 heteroatoms. The number of hydrogen-bond donors (Lipinski definition) is 0. The van der Waals surface area contributed by atoms with E-state index in [0.29, 0.717) is 0 Å². The molecule has 78 valence electrons. The molecular formula is C15H13N. The van der Waals surface area contributed by atoms with Gasteiger partial charge in [0.25, 0.3) is 0 Å². The molecule has 0 aliphatic heterocycles. The Morgan fingerprint density at radius 2 is 1.75 bits per heavy atom. The van der Waals surface area contributed by atoms with E-state index in [1.54, 1.807) is 0 Å². The number of hydrogen-bond acceptors (Lipinski definition) is 0. The van der Waals surface area contributed by atoms with Gasteiger partial charge in [0.05, 0.1) is 5.52 Å². The topological polar surface area (TPSA) is 4.93 Å². The van der Waals surface area contributed by atoms with Crippen molar-refractivity contribution >= 4 is 27.9 Å². The fourth-order valence-electron chi connectivity index (χ4n) is 2.43. The van der Waals surface area contributed by atoms with Gasteiger partial charge in [-0.05, 0) is 11.6 Å². The van der Waals surface area contributed by atoms with Crippen LogP contribution in [0.4, 0.5) is 0 Å². The molecule has 3 aromatic rings. The molecule has 0 saturated carbocycles. The fourth-order valence-corrected chi connectivity index (χ4v) is 2.43. The summed E-state index contributed by atoms with van der Waals surface area (Å²) < 4.78 is 2.24. The summed E-state index contributed by atoms with van der Waals surface area (Å²) in [6, 6.07) is 14.9. The molecule has 0 saturated heterocycles. The molecule has 1 aromatic heterocycles. The quantitative estimate of drug-likeness (QED) is 0.569. The van der Waals surface area contributed by atoms with Crippen LogP contribution in [-0.4, -0.2) is 4.57 Å².